The second kappa shape index (κ2) is 6.59. The first-order valence-corrected chi connectivity index (χ1v) is 6.92. The van der Waals surface area contributed by atoms with Crippen LogP contribution in [0.4, 0.5) is 11.4 Å². The van der Waals surface area contributed by atoms with Crippen LogP contribution in [0, 0.1) is 0 Å². The molecule has 2 heteroatoms. The molecule has 0 aliphatic heterocycles. The van der Waals surface area contributed by atoms with E-state index in [2.05, 4.69) is 15.9 Å². The smallest absolute Gasteiger partial charge is 0.0645 e. The van der Waals surface area contributed by atoms with Gasteiger partial charge in [0, 0.05) is 22.4 Å². The molecule has 0 aliphatic rings. The van der Waals surface area contributed by atoms with Crippen LogP contribution in [0.2, 0.25) is 0 Å². The monoisotopic (exact) mass is 347 g/mol. The lowest BCUT2D eigenvalue weighted by molar-refractivity contribution is 0.975. The molecule has 0 N–H and O–H groups in total. The van der Waals surface area contributed by atoms with Crippen LogP contribution in [-0.4, -0.2) is 0 Å². The van der Waals surface area contributed by atoms with Crippen molar-refractivity contribution in [2.24, 2.45) is 0 Å². The number of hydrogen-bond donors (Lipinski definition) is 0. The van der Waals surface area contributed by atoms with Gasteiger partial charge >= 0.3 is 0 Å². The van der Waals surface area contributed by atoms with Crippen molar-refractivity contribution >= 4 is 27.3 Å². The van der Waals surface area contributed by atoms with Crippen molar-refractivity contribution in [1.82, 2.24) is 0 Å². The highest BCUT2D eigenvalue weighted by Gasteiger charge is 2.09. The Morgan fingerprint density at radius 1 is 0.762 bits per heavy atom. The van der Waals surface area contributed by atoms with Crippen LogP contribution in [0.1, 0.15) is 19.3 Å². The molecule has 0 unspecified atom stereocenters. The molecule has 0 bridgehead atoms. The first-order chi connectivity index (χ1) is 14.5. The minimum absolute atomic E-state index is 0.0549. The van der Waals surface area contributed by atoms with Crippen LogP contribution < -0.4 is 4.90 Å². The molecule has 3 aromatic carbocycles. The molecule has 3 aromatic rings. The Labute approximate surface area is 148 Å². The van der Waals surface area contributed by atoms with Crippen LogP contribution in [0.25, 0.3) is 0 Å². The van der Waals surface area contributed by atoms with Gasteiger partial charge in [-0.15, -0.1) is 0 Å². The molecular formula is C19H16BrN. The number of nitrogens with zero attached hydrogens (tertiary/aromatic N) is 1. The molecule has 0 saturated heterocycles. The van der Waals surface area contributed by atoms with Gasteiger partial charge in [-0.2, -0.15) is 0 Å². The van der Waals surface area contributed by atoms with Gasteiger partial charge in [0.05, 0.1) is 13.7 Å². The number of para-hydroxylation sites is 1. The third-order valence-corrected chi connectivity index (χ3v) is 3.29. The quantitative estimate of drug-likeness (QED) is 0.577. The highest BCUT2D eigenvalue weighted by atomic mass is 79.9. The fourth-order valence-corrected chi connectivity index (χ4v) is 2.08. The summed E-state index contributed by atoms with van der Waals surface area (Å²) >= 11 is 3.32. The third-order valence-electron chi connectivity index (χ3n) is 2.76. The van der Waals surface area contributed by atoms with Gasteiger partial charge < -0.3 is 4.90 Å². The molecule has 0 spiro atoms. The van der Waals surface area contributed by atoms with Gasteiger partial charge in [0.2, 0.25) is 0 Å². The van der Waals surface area contributed by atoms with E-state index in [4.69, 9.17) is 13.7 Å². The molecule has 0 radical (unpaired) electrons. The van der Waals surface area contributed by atoms with Gasteiger partial charge in [-0.3, -0.25) is 0 Å². The molecule has 0 heterocycles. The van der Waals surface area contributed by atoms with E-state index in [1.165, 1.54) is 4.90 Å². The number of rotatable bonds is 4. The number of benzene rings is 3. The van der Waals surface area contributed by atoms with Crippen LogP contribution >= 0.6 is 15.9 Å². The Kier molecular flexibility index (Phi) is 2.00. The predicted molar refractivity (Wildman–Crippen MR) is 92.9 cm³/mol. The number of hydrogen-bond acceptors (Lipinski definition) is 1. The van der Waals surface area contributed by atoms with E-state index in [1.54, 1.807) is 24.3 Å². The molecule has 0 saturated carbocycles. The molecule has 0 aliphatic carbocycles. The van der Waals surface area contributed by atoms with Gasteiger partial charge in [-0.25, -0.2) is 0 Å². The summed E-state index contributed by atoms with van der Waals surface area (Å²) in [5.74, 6) is 0. The Balaban J connectivity index is 2.31. The summed E-state index contributed by atoms with van der Waals surface area (Å²) in [6.07, 6.45) is 0. The largest absolute Gasteiger partial charge is 0.337 e. The van der Waals surface area contributed by atoms with E-state index in [0.29, 0.717) is 5.69 Å². The van der Waals surface area contributed by atoms with Crippen molar-refractivity contribution in [3.8, 4) is 0 Å². The molecule has 0 amide bonds. The Bertz CT molecular complexity index is 1120. The first-order valence-electron chi connectivity index (χ1n) is 11.1. The van der Waals surface area contributed by atoms with Crippen LogP contribution in [-0.2, 0) is 6.54 Å². The van der Waals surface area contributed by atoms with Crippen LogP contribution in [0.3, 0.4) is 0 Å². The molecule has 21 heavy (non-hydrogen) atoms. The molecule has 104 valence electrons. The fraction of sp³-hybridized carbons (Fsp3) is 0.0526. The van der Waals surface area contributed by atoms with Crippen molar-refractivity contribution in [3.05, 3.63) is 94.7 Å². The molecule has 1 nitrogen and oxygen atoms in total. The zero-order valence-electron chi connectivity index (χ0n) is 20.8. The molecule has 0 atom stereocenters. The molecular weight excluding hydrogens is 322 g/mol. The van der Waals surface area contributed by atoms with E-state index in [1.807, 2.05) is 0 Å². The lowest BCUT2D eigenvalue weighted by atomic mass is 10.1. The Morgan fingerprint density at radius 3 is 1.95 bits per heavy atom. The molecule has 0 fully saturated rings. The van der Waals surface area contributed by atoms with Gasteiger partial charge in [-0.1, -0.05) is 64.3 Å². The Morgan fingerprint density at radius 2 is 1.33 bits per heavy atom. The van der Waals surface area contributed by atoms with Crippen molar-refractivity contribution in [2.75, 3.05) is 4.90 Å². The standard InChI is InChI=1S/C19H16BrN/c20-17-11-13-19(14-12-17)21(18-9-5-2-6-10-18)15-16-7-3-1-4-8-16/h1-14H,15H2/i1D,2D,3D,4D,5D,6D,7D,8D,9D,10D. The van der Waals surface area contributed by atoms with E-state index in [0.717, 1.165) is 4.47 Å². The summed E-state index contributed by atoms with van der Waals surface area (Å²) in [6.45, 7) is -0.300. The number of halogens is 1. The minimum Gasteiger partial charge on any atom is -0.337 e. The lowest BCUT2D eigenvalue weighted by Gasteiger charge is -2.25. The van der Waals surface area contributed by atoms with Gasteiger partial charge in [0.1, 0.15) is 0 Å². The van der Waals surface area contributed by atoms with Crippen LogP contribution in [0.15, 0.2) is 89.2 Å². The number of anilines is 2. The SMILES string of the molecule is [2H]c1c([2H])c([2H])c(CN(c2ccc(Br)cc2)c2c([2H])c([2H])c([2H])c([2H])c2[2H])c([2H])c1[2H]. The average Bonchev–Trinajstić information content (AvgIpc) is 2.76. The van der Waals surface area contributed by atoms with E-state index < -0.39 is 60.4 Å². The summed E-state index contributed by atoms with van der Waals surface area (Å²) in [4.78, 5) is 1.36. The normalized spacial score (nSPS) is 17.0. The molecule has 0 aromatic heterocycles. The topological polar surface area (TPSA) is 3.24 Å². The van der Waals surface area contributed by atoms with E-state index in [9.17, 15) is 0 Å². The second-order valence-electron chi connectivity index (χ2n) is 4.14. The zero-order valence-corrected chi connectivity index (χ0v) is 12.4. The highest BCUT2D eigenvalue weighted by molar-refractivity contribution is 9.10. The van der Waals surface area contributed by atoms with Gasteiger partial charge in [-0.05, 0) is 41.9 Å². The maximum absolute atomic E-state index is 8.33. The van der Waals surface area contributed by atoms with Crippen molar-refractivity contribution < 1.29 is 13.7 Å². The summed E-state index contributed by atoms with van der Waals surface area (Å²) in [5, 5.41) is 0. The fourth-order valence-electron chi connectivity index (χ4n) is 1.81. The van der Waals surface area contributed by atoms with E-state index in [-0.39, 0.29) is 17.8 Å². The van der Waals surface area contributed by atoms with Crippen molar-refractivity contribution in [2.45, 2.75) is 6.54 Å². The average molecular weight is 348 g/mol. The second-order valence-corrected chi connectivity index (χ2v) is 5.06. The van der Waals surface area contributed by atoms with Crippen LogP contribution in [0.5, 0.6) is 0 Å². The van der Waals surface area contributed by atoms with E-state index >= 15 is 0 Å². The van der Waals surface area contributed by atoms with Crippen molar-refractivity contribution in [1.29, 1.82) is 0 Å². The van der Waals surface area contributed by atoms with Gasteiger partial charge in [0.15, 0.2) is 0 Å². The summed E-state index contributed by atoms with van der Waals surface area (Å²) in [5.41, 5.74) is 0.217. The summed E-state index contributed by atoms with van der Waals surface area (Å²) < 4.78 is 81.2. The minimum atomic E-state index is -0.544. The highest BCUT2D eigenvalue weighted by Crippen LogP contribution is 2.28. The Hall–Kier alpha value is -2.06. The van der Waals surface area contributed by atoms with Crippen molar-refractivity contribution in [3.63, 3.8) is 0 Å². The predicted octanol–water partition coefficient (Wildman–Crippen LogP) is 5.79. The maximum Gasteiger partial charge on any atom is 0.0645 e. The third kappa shape index (κ3) is 3.53. The maximum atomic E-state index is 8.33. The lowest BCUT2D eigenvalue weighted by Crippen LogP contribution is -2.16. The van der Waals surface area contributed by atoms with Gasteiger partial charge in [0.25, 0.3) is 0 Å². The summed E-state index contributed by atoms with van der Waals surface area (Å²) in [6, 6.07) is 1.77. The zero-order chi connectivity index (χ0) is 23.2. The summed E-state index contributed by atoms with van der Waals surface area (Å²) in [7, 11) is 0. The molecule has 3 rings (SSSR count). The first kappa shape index (κ1) is 6.37.